The fourth-order valence-electron chi connectivity index (χ4n) is 3.37. The lowest BCUT2D eigenvalue weighted by Crippen LogP contribution is -2.44. The summed E-state index contributed by atoms with van der Waals surface area (Å²) < 4.78 is 0. The van der Waals surface area contributed by atoms with Gasteiger partial charge in [0.15, 0.2) is 5.96 Å². The lowest BCUT2D eigenvalue weighted by atomic mass is 10.2. The van der Waals surface area contributed by atoms with Crippen molar-refractivity contribution in [2.45, 2.75) is 32.0 Å². The van der Waals surface area contributed by atoms with Crippen LogP contribution in [0.4, 0.5) is 0 Å². The first-order valence-electron chi connectivity index (χ1n) is 9.11. The van der Waals surface area contributed by atoms with Crippen molar-refractivity contribution < 1.29 is 0 Å². The standard InChI is InChI=1S/C21H28N4/c1-22-21(23-15-18-9-4-2-5-10-18)24-16-20-13-8-14-25(20)17-19-11-6-3-7-12-19/h2-7,9-12,20H,8,13-17H2,1H3,(H2,22,23,24). The van der Waals surface area contributed by atoms with Crippen molar-refractivity contribution in [1.82, 2.24) is 15.5 Å². The summed E-state index contributed by atoms with van der Waals surface area (Å²) in [6, 6.07) is 21.7. The number of nitrogens with one attached hydrogen (secondary N) is 2. The zero-order valence-corrected chi connectivity index (χ0v) is 15.0. The van der Waals surface area contributed by atoms with Crippen LogP contribution in [-0.2, 0) is 13.1 Å². The summed E-state index contributed by atoms with van der Waals surface area (Å²) in [4.78, 5) is 6.93. The molecule has 1 aliphatic rings. The molecule has 0 spiro atoms. The Morgan fingerprint density at radius 1 is 1.00 bits per heavy atom. The van der Waals surface area contributed by atoms with Crippen LogP contribution in [0, 0.1) is 0 Å². The molecule has 25 heavy (non-hydrogen) atoms. The minimum absolute atomic E-state index is 0.565. The van der Waals surface area contributed by atoms with E-state index in [0.29, 0.717) is 6.04 Å². The highest BCUT2D eigenvalue weighted by molar-refractivity contribution is 5.79. The molecule has 1 aliphatic heterocycles. The Hall–Kier alpha value is -2.33. The quantitative estimate of drug-likeness (QED) is 0.629. The van der Waals surface area contributed by atoms with Crippen LogP contribution in [0.5, 0.6) is 0 Å². The molecule has 0 bridgehead atoms. The molecule has 3 rings (SSSR count). The topological polar surface area (TPSA) is 39.7 Å². The molecule has 2 aromatic carbocycles. The molecule has 0 saturated carbocycles. The maximum absolute atomic E-state index is 4.35. The van der Waals surface area contributed by atoms with E-state index in [1.807, 2.05) is 13.1 Å². The largest absolute Gasteiger partial charge is 0.355 e. The van der Waals surface area contributed by atoms with E-state index in [1.165, 1.54) is 30.5 Å². The SMILES string of the molecule is CN=C(NCc1ccccc1)NCC1CCCN1Cc1ccccc1. The summed E-state index contributed by atoms with van der Waals surface area (Å²) in [7, 11) is 1.83. The monoisotopic (exact) mass is 336 g/mol. The van der Waals surface area contributed by atoms with Gasteiger partial charge in [-0.3, -0.25) is 9.89 Å². The fraction of sp³-hybridized carbons (Fsp3) is 0.381. The molecule has 132 valence electrons. The minimum atomic E-state index is 0.565. The average Bonchev–Trinajstić information content (AvgIpc) is 3.10. The average molecular weight is 336 g/mol. The summed E-state index contributed by atoms with van der Waals surface area (Å²) in [5, 5.41) is 6.89. The number of guanidine groups is 1. The van der Waals surface area contributed by atoms with Crippen molar-refractivity contribution in [2.75, 3.05) is 20.1 Å². The molecule has 1 fully saturated rings. The van der Waals surface area contributed by atoms with Crippen LogP contribution in [0.3, 0.4) is 0 Å². The number of nitrogens with zero attached hydrogens (tertiary/aromatic N) is 2. The van der Waals surface area contributed by atoms with Crippen molar-refractivity contribution in [2.24, 2.45) is 4.99 Å². The van der Waals surface area contributed by atoms with Gasteiger partial charge in [0.2, 0.25) is 0 Å². The van der Waals surface area contributed by atoms with E-state index >= 15 is 0 Å². The first kappa shape index (κ1) is 17.5. The zero-order valence-electron chi connectivity index (χ0n) is 15.0. The number of likely N-dealkylation sites (tertiary alicyclic amines) is 1. The van der Waals surface area contributed by atoms with Gasteiger partial charge in [0.25, 0.3) is 0 Å². The third-order valence-electron chi connectivity index (χ3n) is 4.76. The van der Waals surface area contributed by atoms with E-state index in [9.17, 15) is 0 Å². The van der Waals surface area contributed by atoms with Crippen LogP contribution in [0.1, 0.15) is 24.0 Å². The van der Waals surface area contributed by atoms with Gasteiger partial charge in [0.1, 0.15) is 0 Å². The summed E-state index contributed by atoms with van der Waals surface area (Å²) in [6.45, 7) is 3.93. The Labute approximate surface area is 151 Å². The highest BCUT2D eigenvalue weighted by Crippen LogP contribution is 2.19. The second-order valence-corrected chi connectivity index (χ2v) is 6.54. The molecule has 0 amide bonds. The zero-order chi connectivity index (χ0) is 17.3. The van der Waals surface area contributed by atoms with E-state index in [2.05, 4.69) is 75.1 Å². The smallest absolute Gasteiger partial charge is 0.191 e. The second kappa shape index (κ2) is 9.23. The number of rotatable bonds is 6. The van der Waals surface area contributed by atoms with Crippen molar-refractivity contribution in [3.05, 3.63) is 71.8 Å². The molecule has 2 N–H and O–H groups in total. The van der Waals surface area contributed by atoms with Gasteiger partial charge in [-0.15, -0.1) is 0 Å². The summed E-state index contributed by atoms with van der Waals surface area (Å²) in [5.41, 5.74) is 2.65. The van der Waals surface area contributed by atoms with Gasteiger partial charge >= 0.3 is 0 Å². The van der Waals surface area contributed by atoms with Gasteiger partial charge in [0, 0.05) is 32.7 Å². The van der Waals surface area contributed by atoms with Crippen molar-refractivity contribution >= 4 is 5.96 Å². The van der Waals surface area contributed by atoms with Crippen LogP contribution < -0.4 is 10.6 Å². The summed E-state index contributed by atoms with van der Waals surface area (Å²) in [6.07, 6.45) is 2.52. The number of benzene rings is 2. The molecule has 0 aromatic heterocycles. The van der Waals surface area contributed by atoms with Crippen LogP contribution in [-0.4, -0.2) is 37.0 Å². The Bertz CT molecular complexity index is 654. The number of hydrogen-bond acceptors (Lipinski definition) is 2. The highest BCUT2D eigenvalue weighted by Gasteiger charge is 2.24. The normalized spacial score (nSPS) is 18.3. The molecule has 1 saturated heterocycles. The van der Waals surface area contributed by atoms with E-state index < -0.39 is 0 Å². The van der Waals surface area contributed by atoms with Gasteiger partial charge in [-0.05, 0) is 30.5 Å². The van der Waals surface area contributed by atoms with Crippen LogP contribution in [0.2, 0.25) is 0 Å². The molecule has 1 unspecified atom stereocenters. The molecule has 0 aliphatic carbocycles. The predicted molar refractivity (Wildman–Crippen MR) is 105 cm³/mol. The third-order valence-corrected chi connectivity index (χ3v) is 4.76. The lowest BCUT2D eigenvalue weighted by Gasteiger charge is -2.25. The van der Waals surface area contributed by atoms with E-state index in [1.54, 1.807) is 0 Å². The first-order valence-corrected chi connectivity index (χ1v) is 9.11. The van der Waals surface area contributed by atoms with Gasteiger partial charge < -0.3 is 10.6 Å². The van der Waals surface area contributed by atoms with Gasteiger partial charge in [-0.2, -0.15) is 0 Å². The van der Waals surface area contributed by atoms with Crippen LogP contribution in [0.25, 0.3) is 0 Å². The fourth-order valence-corrected chi connectivity index (χ4v) is 3.37. The van der Waals surface area contributed by atoms with Crippen LogP contribution >= 0.6 is 0 Å². The molecule has 0 radical (unpaired) electrons. The lowest BCUT2D eigenvalue weighted by molar-refractivity contribution is 0.245. The molecule has 4 heteroatoms. The number of aliphatic imine (C=N–C) groups is 1. The molecule has 1 heterocycles. The maximum Gasteiger partial charge on any atom is 0.191 e. The highest BCUT2D eigenvalue weighted by atomic mass is 15.2. The first-order chi connectivity index (χ1) is 12.3. The second-order valence-electron chi connectivity index (χ2n) is 6.54. The minimum Gasteiger partial charge on any atom is -0.355 e. The molecular weight excluding hydrogens is 308 g/mol. The Balaban J connectivity index is 1.47. The van der Waals surface area contributed by atoms with Gasteiger partial charge in [-0.1, -0.05) is 60.7 Å². The van der Waals surface area contributed by atoms with Gasteiger partial charge in [-0.25, -0.2) is 0 Å². The molecule has 2 aromatic rings. The van der Waals surface area contributed by atoms with E-state index in [-0.39, 0.29) is 0 Å². The maximum atomic E-state index is 4.35. The Kier molecular flexibility index (Phi) is 6.46. The Morgan fingerprint density at radius 3 is 2.36 bits per heavy atom. The van der Waals surface area contributed by atoms with Crippen molar-refractivity contribution in [1.29, 1.82) is 0 Å². The van der Waals surface area contributed by atoms with E-state index in [4.69, 9.17) is 0 Å². The van der Waals surface area contributed by atoms with Crippen molar-refractivity contribution in [3.63, 3.8) is 0 Å². The molecular formula is C21H28N4. The summed E-state index contributed by atoms with van der Waals surface area (Å²) in [5.74, 6) is 0.871. The van der Waals surface area contributed by atoms with E-state index in [0.717, 1.165) is 25.6 Å². The summed E-state index contributed by atoms with van der Waals surface area (Å²) >= 11 is 0. The predicted octanol–water partition coefficient (Wildman–Crippen LogP) is 3.02. The Morgan fingerprint density at radius 2 is 1.68 bits per heavy atom. The van der Waals surface area contributed by atoms with Crippen molar-refractivity contribution in [3.8, 4) is 0 Å². The van der Waals surface area contributed by atoms with Crippen LogP contribution in [0.15, 0.2) is 65.7 Å². The molecule has 1 atom stereocenters. The van der Waals surface area contributed by atoms with Gasteiger partial charge in [0.05, 0.1) is 0 Å². The third kappa shape index (κ3) is 5.33. The number of hydrogen-bond donors (Lipinski definition) is 2. The molecule has 4 nitrogen and oxygen atoms in total.